The number of hydrogen-bond donors (Lipinski definition) is 3. The molecule has 0 saturated heterocycles. The van der Waals surface area contributed by atoms with Crippen LogP contribution in [0.1, 0.15) is 32.3 Å². The summed E-state index contributed by atoms with van der Waals surface area (Å²) in [5, 5.41) is 8.61. The summed E-state index contributed by atoms with van der Waals surface area (Å²) in [7, 11) is 3.20. The van der Waals surface area contributed by atoms with E-state index in [1.165, 1.54) is 23.8 Å². The third-order valence-corrected chi connectivity index (χ3v) is 5.06. The van der Waals surface area contributed by atoms with Crippen molar-refractivity contribution in [3.8, 4) is 11.1 Å². The zero-order valence-electron chi connectivity index (χ0n) is 18.3. The van der Waals surface area contributed by atoms with Crippen LogP contribution in [0.4, 0.5) is 10.5 Å². The Morgan fingerprint density at radius 2 is 1.53 bits per heavy atom. The van der Waals surface area contributed by atoms with Crippen LogP contribution in [-0.4, -0.2) is 38.7 Å². The molecule has 30 heavy (non-hydrogen) atoms. The fourth-order valence-corrected chi connectivity index (χ4v) is 3.19. The number of carbonyl (C=O) groups is 2. The van der Waals surface area contributed by atoms with E-state index < -0.39 is 12.1 Å². The van der Waals surface area contributed by atoms with E-state index in [-0.39, 0.29) is 11.8 Å². The van der Waals surface area contributed by atoms with Crippen molar-refractivity contribution < 1.29 is 14.3 Å². The highest BCUT2D eigenvalue weighted by molar-refractivity contribution is 5.85. The maximum absolute atomic E-state index is 12.3. The summed E-state index contributed by atoms with van der Waals surface area (Å²) >= 11 is 0. The molecule has 0 bridgehead atoms. The lowest BCUT2D eigenvalue weighted by Gasteiger charge is -2.20. The summed E-state index contributed by atoms with van der Waals surface area (Å²) in [6, 6.07) is 16.4. The Bertz CT molecular complexity index is 801. The number of benzene rings is 2. The highest BCUT2D eigenvalue weighted by Crippen LogP contribution is 2.22. The molecule has 1 atom stereocenters. The summed E-state index contributed by atoms with van der Waals surface area (Å²) in [5.41, 5.74) is 4.78. The van der Waals surface area contributed by atoms with Gasteiger partial charge in [-0.25, -0.2) is 4.79 Å². The summed E-state index contributed by atoms with van der Waals surface area (Å²) < 4.78 is 4.59. The molecule has 0 aliphatic heterocycles. The Hall–Kier alpha value is -3.02. The molecule has 6 nitrogen and oxygen atoms in total. The van der Waals surface area contributed by atoms with E-state index in [0.717, 1.165) is 24.9 Å². The molecule has 0 fully saturated rings. The van der Waals surface area contributed by atoms with Gasteiger partial charge in [0.15, 0.2) is 0 Å². The van der Waals surface area contributed by atoms with E-state index >= 15 is 0 Å². The smallest absolute Gasteiger partial charge is 0.407 e. The number of nitrogens with one attached hydrogen (secondary N) is 3. The van der Waals surface area contributed by atoms with Crippen molar-refractivity contribution in [3.05, 3.63) is 54.1 Å². The molecule has 1 unspecified atom stereocenters. The van der Waals surface area contributed by atoms with E-state index in [1.807, 2.05) is 20.9 Å². The monoisotopic (exact) mass is 411 g/mol. The van der Waals surface area contributed by atoms with Gasteiger partial charge in [-0.05, 0) is 54.0 Å². The molecule has 0 aliphatic rings. The largest absolute Gasteiger partial charge is 0.453 e. The topological polar surface area (TPSA) is 79.5 Å². The Kier molecular flexibility index (Phi) is 9.19. The van der Waals surface area contributed by atoms with E-state index in [1.54, 1.807) is 0 Å². The molecule has 6 heteroatoms. The summed E-state index contributed by atoms with van der Waals surface area (Å²) in [6.45, 7) is 4.36. The molecular weight excluding hydrogens is 378 g/mol. The van der Waals surface area contributed by atoms with Crippen molar-refractivity contribution in [3.63, 3.8) is 0 Å². The first kappa shape index (κ1) is 23.3. The van der Waals surface area contributed by atoms with Crippen molar-refractivity contribution in [2.75, 3.05) is 26.0 Å². The normalized spacial score (nSPS) is 11.6. The van der Waals surface area contributed by atoms with Crippen LogP contribution in [0, 0.1) is 5.92 Å². The first-order chi connectivity index (χ1) is 14.4. The Labute approximate surface area is 179 Å². The van der Waals surface area contributed by atoms with Gasteiger partial charge in [0.25, 0.3) is 0 Å². The molecule has 162 valence electrons. The van der Waals surface area contributed by atoms with Gasteiger partial charge in [0.1, 0.15) is 6.04 Å². The van der Waals surface area contributed by atoms with Crippen molar-refractivity contribution in [2.24, 2.45) is 5.92 Å². The van der Waals surface area contributed by atoms with Crippen LogP contribution >= 0.6 is 0 Å². The average molecular weight is 412 g/mol. The number of ether oxygens (including phenoxy) is 1. The number of aryl methyl sites for hydroxylation is 1. The van der Waals surface area contributed by atoms with Crippen molar-refractivity contribution >= 4 is 17.7 Å². The first-order valence-electron chi connectivity index (χ1n) is 10.4. The minimum absolute atomic E-state index is 0.0166. The van der Waals surface area contributed by atoms with E-state index in [9.17, 15) is 9.59 Å². The second-order valence-corrected chi connectivity index (χ2v) is 7.63. The van der Waals surface area contributed by atoms with Crippen LogP contribution in [-0.2, 0) is 16.0 Å². The molecule has 2 aromatic carbocycles. The molecule has 2 amide bonds. The average Bonchev–Trinajstić information content (AvgIpc) is 2.77. The predicted octanol–water partition coefficient (Wildman–Crippen LogP) is 4.21. The molecule has 0 saturated carbocycles. The molecule has 0 aromatic heterocycles. The highest BCUT2D eigenvalue weighted by atomic mass is 16.5. The van der Waals surface area contributed by atoms with E-state index in [2.05, 4.69) is 69.2 Å². The lowest BCUT2D eigenvalue weighted by atomic mass is 10.0. The molecule has 0 radical (unpaired) electrons. The van der Waals surface area contributed by atoms with E-state index in [4.69, 9.17) is 0 Å². The Morgan fingerprint density at radius 1 is 0.933 bits per heavy atom. The number of carbonyl (C=O) groups excluding carboxylic acids is 2. The standard InChI is InChI=1S/C24H33N3O3/c1-17(2)22(27-24(29)30-4)23(28)26-16-6-5-7-18-8-10-19(11-9-18)20-12-14-21(25-3)15-13-20/h8-15,17,22,25H,5-7,16H2,1-4H3,(H,26,28)(H,27,29). The van der Waals surface area contributed by atoms with Crippen molar-refractivity contribution in [1.29, 1.82) is 0 Å². The number of unbranched alkanes of at least 4 members (excludes halogenated alkanes) is 1. The third-order valence-electron chi connectivity index (χ3n) is 5.06. The number of hydrogen-bond acceptors (Lipinski definition) is 4. The molecule has 3 N–H and O–H groups in total. The fourth-order valence-electron chi connectivity index (χ4n) is 3.19. The summed E-state index contributed by atoms with van der Waals surface area (Å²) in [4.78, 5) is 23.7. The lowest BCUT2D eigenvalue weighted by Crippen LogP contribution is -2.49. The zero-order valence-corrected chi connectivity index (χ0v) is 18.3. The van der Waals surface area contributed by atoms with Gasteiger partial charge in [-0.2, -0.15) is 0 Å². The van der Waals surface area contributed by atoms with E-state index in [0.29, 0.717) is 6.54 Å². The van der Waals surface area contributed by atoms with Gasteiger partial charge in [0.2, 0.25) is 5.91 Å². The Balaban J connectivity index is 1.74. The predicted molar refractivity (Wildman–Crippen MR) is 122 cm³/mol. The molecule has 2 aromatic rings. The quantitative estimate of drug-likeness (QED) is 0.512. The zero-order chi connectivity index (χ0) is 21.9. The van der Waals surface area contributed by atoms with Crippen LogP contribution in [0.3, 0.4) is 0 Å². The minimum atomic E-state index is -0.592. The second kappa shape index (κ2) is 11.9. The number of amides is 2. The van der Waals surface area contributed by atoms with Crippen molar-refractivity contribution in [1.82, 2.24) is 10.6 Å². The molecule has 0 heterocycles. The lowest BCUT2D eigenvalue weighted by molar-refractivity contribution is -0.124. The molecule has 2 rings (SSSR count). The van der Waals surface area contributed by atoms with Crippen LogP contribution in [0.5, 0.6) is 0 Å². The van der Waals surface area contributed by atoms with Crippen LogP contribution in [0.15, 0.2) is 48.5 Å². The fraction of sp³-hybridized carbons (Fsp3) is 0.417. The number of alkyl carbamates (subject to hydrolysis) is 1. The van der Waals surface area contributed by atoms with Gasteiger partial charge in [-0.1, -0.05) is 50.2 Å². The minimum Gasteiger partial charge on any atom is -0.453 e. The Morgan fingerprint density at radius 3 is 2.07 bits per heavy atom. The maximum atomic E-state index is 12.3. The van der Waals surface area contributed by atoms with Gasteiger partial charge in [0, 0.05) is 19.3 Å². The summed E-state index contributed by atoms with van der Waals surface area (Å²) in [6.07, 6.45) is 2.23. The van der Waals surface area contributed by atoms with Gasteiger partial charge in [-0.15, -0.1) is 0 Å². The molecule has 0 spiro atoms. The molecule has 0 aliphatic carbocycles. The number of rotatable bonds is 10. The van der Waals surface area contributed by atoms with Gasteiger partial charge < -0.3 is 20.7 Å². The maximum Gasteiger partial charge on any atom is 0.407 e. The SMILES string of the molecule is CNc1ccc(-c2ccc(CCCCNC(=O)C(NC(=O)OC)C(C)C)cc2)cc1. The number of methoxy groups -OCH3 is 1. The summed E-state index contributed by atoms with van der Waals surface area (Å²) in [5.74, 6) is -0.193. The second-order valence-electron chi connectivity index (χ2n) is 7.63. The van der Waals surface area contributed by atoms with Crippen LogP contribution in [0.25, 0.3) is 11.1 Å². The van der Waals surface area contributed by atoms with Crippen LogP contribution < -0.4 is 16.0 Å². The highest BCUT2D eigenvalue weighted by Gasteiger charge is 2.23. The van der Waals surface area contributed by atoms with Gasteiger partial charge >= 0.3 is 6.09 Å². The van der Waals surface area contributed by atoms with Crippen molar-refractivity contribution in [2.45, 2.75) is 39.2 Å². The van der Waals surface area contributed by atoms with Crippen LogP contribution in [0.2, 0.25) is 0 Å². The number of anilines is 1. The molecular formula is C24H33N3O3. The van der Waals surface area contributed by atoms with Gasteiger partial charge in [-0.3, -0.25) is 4.79 Å². The first-order valence-corrected chi connectivity index (χ1v) is 10.4. The third kappa shape index (κ3) is 7.10. The van der Waals surface area contributed by atoms with Gasteiger partial charge in [0.05, 0.1) is 7.11 Å².